The van der Waals surface area contributed by atoms with E-state index in [0.717, 1.165) is 25.9 Å². The van der Waals surface area contributed by atoms with E-state index in [0.29, 0.717) is 22.9 Å². The van der Waals surface area contributed by atoms with Gasteiger partial charge in [0.25, 0.3) is 5.91 Å². The van der Waals surface area contributed by atoms with Crippen LogP contribution in [0.5, 0.6) is 0 Å². The molecule has 1 fully saturated rings. The zero-order valence-corrected chi connectivity index (χ0v) is 13.4. The first-order valence-corrected chi connectivity index (χ1v) is 7.75. The lowest BCUT2D eigenvalue weighted by atomic mass is 10.2. The van der Waals surface area contributed by atoms with Gasteiger partial charge in [-0.2, -0.15) is 0 Å². The van der Waals surface area contributed by atoms with Crippen LogP contribution in [-0.4, -0.2) is 42.0 Å². The SMILES string of the molecule is COC(=O)c1ccc(NC(=O)c2ccnc(N3CCCC3)n2)cc1. The van der Waals surface area contributed by atoms with Crippen LogP contribution in [0, 0.1) is 0 Å². The van der Waals surface area contributed by atoms with Gasteiger partial charge < -0.3 is 15.0 Å². The molecule has 2 aromatic rings. The Morgan fingerprint density at radius 1 is 1.12 bits per heavy atom. The molecule has 1 aromatic heterocycles. The molecule has 0 spiro atoms. The number of ether oxygens (including phenoxy) is 1. The van der Waals surface area contributed by atoms with Gasteiger partial charge in [0.1, 0.15) is 5.69 Å². The molecule has 2 heterocycles. The van der Waals surface area contributed by atoms with Crippen molar-refractivity contribution in [2.75, 3.05) is 30.4 Å². The maximum Gasteiger partial charge on any atom is 0.337 e. The Bertz CT molecular complexity index is 740. The molecule has 7 heteroatoms. The summed E-state index contributed by atoms with van der Waals surface area (Å²) in [5.74, 6) is -0.149. The Balaban J connectivity index is 1.70. The van der Waals surface area contributed by atoms with Crippen LogP contribution in [0.4, 0.5) is 11.6 Å². The minimum absolute atomic E-state index is 0.309. The van der Waals surface area contributed by atoms with Gasteiger partial charge in [-0.05, 0) is 43.2 Å². The van der Waals surface area contributed by atoms with Gasteiger partial charge >= 0.3 is 5.97 Å². The molecule has 0 unspecified atom stereocenters. The average molecular weight is 326 g/mol. The van der Waals surface area contributed by atoms with Crippen LogP contribution in [0.25, 0.3) is 0 Å². The highest BCUT2D eigenvalue weighted by Crippen LogP contribution is 2.16. The van der Waals surface area contributed by atoms with E-state index in [1.54, 1.807) is 36.5 Å². The van der Waals surface area contributed by atoms with Crippen LogP contribution < -0.4 is 10.2 Å². The maximum absolute atomic E-state index is 12.3. The van der Waals surface area contributed by atoms with Crippen LogP contribution in [0.3, 0.4) is 0 Å². The Kier molecular flexibility index (Phi) is 4.69. The van der Waals surface area contributed by atoms with E-state index >= 15 is 0 Å². The predicted molar refractivity (Wildman–Crippen MR) is 89.2 cm³/mol. The lowest BCUT2D eigenvalue weighted by molar-refractivity contribution is 0.0600. The zero-order valence-electron chi connectivity index (χ0n) is 13.4. The van der Waals surface area contributed by atoms with Crippen LogP contribution in [-0.2, 0) is 4.74 Å². The Morgan fingerprint density at radius 2 is 1.83 bits per heavy atom. The molecule has 1 amide bonds. The molecule has 7 nitrogen and oxygen atoms in total. The van der Waals surface area contributed by atoms with Gasteiger partial charge in [-0.15, -0.1) is 0 Å². The highest BCUT2D eigenvalue weighted by atomic mass is 16.5. The van der Waals surface area contributed by atoms with Crippen molar-refractivity contribution in [2.24, 2.45) is 0 Å². The van der Waals surface area contributed by atoms with Crippen LogP contribution in [0.1, 0.15) is 33.7 Å². The summed E-state index contributed by atoms with van der Waals surface area (Å²) in [6.07, 6.45) is 3.83. The van der Waals surface area contributed by atoms with E-state index in [4.69, 9.17) is 0 Å². The number of hydrogen-bond donors (Lipinski definition) is 1. The number of carbonyl (C=O) groups excluding carboxylic acids is 2. The van der Waals surface area contributed by atoms with E-state index in [1.807, 2.05) is 0 Å². The quantitative estimate of drug-likeness (QED) is 0.866. The van der Waals surface area contributed by atoms with Gasteiger partial charge in [0, 0.05) is 25.0 Å². The van der Waals surface area contributed by atoms with Gasteiger partial charge in [0.05, 0.1) is 12.7 Å². The monoisotopic (exact) mass is 326 g/mol. The number of hydrogen-bond acceptors (Lipinski definition) is 6. The van der Waals surface area contributed by atoms with Crippen molar-refractivity contribution in [1.29, 1.82) is 0 Å². The van der Waals surface area contributed by atoms with Crippen molar-refractivity contribution in [3.05, 3.63) is 47.8 Å². The van der Waals surface area contributed by atoms with Gasteiger partial charge in [-0.1, -0.05) is 0 Å². The molecule has 0 radical (unpaired) electrons. The summed E-state index contributed by atoms with van der Waals surface area (Å²) in [6, 6.07) is 8.06. The third-order valence-corrected chi connectivity index (χ3v) is 3.83. The number of carbonyl (C=O) groups is 2. The van der Waals surface area contributed by atoms with Crippen LogP contribution in [0.15, 0.2) is 36.5 Å². The molecule has 0 bridgehead atoms. The third kappa shape index (κ3) is 3.51. The van der Waals surface area contributed by atoms with E-state index in [2.05, 4.69) is 24.9 Å². The Morgan fingerprint density at radius 3 is 2.50 bits per heavy atom. The number of nitrogens with zero attached hydrogens (tertiary/aromatic N) is 3. The van der Waals surface area contributed by atoms with Crippen LogP contribution in [0.2, 0.25) is 0 Å². The average Bonchev–Trinajstić information content (AvgIpc) is 3.16. The van der Waals surface area contributed by atoms with Crippen molar-refractivity contribution in [1.82, 2.24) is 9.97 Å². The predicted octanol–water partition coefficient (Wildman–Crippen LogP) is 2.12. The second-order valence-electron chi connectivity index (χ2n) is 5.46. The summed E-state index contributed by atoms with van der Waals surface area (Å²) < 4.78 is 4.64. The fraction of sp³-hybridized carbons (Fsp3) is 0.294. The third-order valence-electron chi connectivity index (χ3n) is 3.83. The van der Waals surface area contributed by atoms with E-state index < -0.39 is 5.97 Å². The summed E-state index contributed by atoms with van der Waals surface area (Å²) >= 11 is 0. The second-order valence-corrected chi connectivity index (χ2v) is 5.46. The summed E-state index contributed by atoms with van der Waals surface area (Å²) in [5, 5.41) is 2.76. The number of nitrogens with one attached hydrogen (secondary N) is 1. The number of anilines is 2. The van der Waals surface area contributed by atoms with Crippen molar-refractivity contribution in [3.8, 4) is 0 Å². The van der Waals surface area contributed by atoms with E-state index in [9.17, 15) is 9.59 Å². The molecule has 1 aliphatic rings. The smallest absolute Gasteiger partial charge is 0.337 e. The number of benzene rings is 1. The number of esters is 1. The molecule has 0 aliphatic carbocycles. The molecule has 24 heavy (non-hydrogen) atoms. The molecule has 1 aliphatic heterocycles. The van der Waals surface area contributed by atoms with Gasteiger partial charge in [-0.3, -0.25) is 4.79 Å². The first-order chi connectivity index (χ1) is 11.7. The van der Waals surface area contributed by atoms with E-state index in [-0.39, 0.29) is 5.91 Å². The van der Waals surface area contributed by atoms with Crippen molar-refractivity contribution in [3.63, 3.8) is 0 Å². The summed E-state index contributed by atoms with van der Waals surface area (Å²) in [6.45, 7) is 1.83. The first-order valence-electron chi connectivity index (χ1n) is 7.75. The second kappa shape index (κ2) is 7.08. The molecular formula is C17H18N4O3. The number of methoxy groups -OCH3 is 1. The molecule has 124 valence electrons. The largest absolute Gasteiger partial charge is 0.465 e. The lowest BCUT2D eigenvalue weighted by Crippen LogP contribution is -2.22. The number of aromatic nitrogens is 2. The summed E-state index contributed by atoms with van der Waals surface area (Å²) in [4.78, 5) is 34.4. The Hall–Kier alpha value is -2.96. The topological polar surface area (TPSA) is 84.4 Å². The first kappa shape index (κ1) is 15.9. The maximum atomic E-state index is 12.3. The molecule has 1 aromatic carbocycles. The minimum Gasteiger partial charge on any atom is -0.465 e. The fourth-order valence-corrected chi connectivity index (χ4v) is 2.55. The molecule has 0 atom stereocenters. The number of rotatable bonds is 4. The zero-order chi connectivity index (χ0) is 16.9. The molecule has 1 N–H and O–H groups in total. The van der Waals surface area contributed by atoms with Crippen LogP contribution >= 0.6 is 0 Å². The Labute approximate surface area is 139 Å². The highest BCUT2D eigenvalue weighted by molar-refractivity contribution is 6.03. The molecular weight excluding hydrogens is 308 g/mol. The van der Waals surface area contributed by atoms with Gasteiger partial charge in [0.2, 0.25) is 5.95 Å². The molecule has 3 rings (SSSR count). The summed E-state index contributed by atoms with van der Waals surface area (Å²) in [5.41, 5.74) is 1.31. The fourth-order valence-electron chi connectivity index (χ4n) is 2.55. The van der Waals surface area contributed by atoms with Crippen molar-refractivity contribution in [2.45, 2.75) is 12.8 Å². The summed E-state index contributed by atoms with van der Waals surface area (Å²) in [7, 11) is 1.32. The molecule has 0 saturated carbocycles. The molecule has 1 saturated heterocycles. The lowest BCUT2D eigenvalue weighted by Gasteiger charge is -2.15. The minimum atomic E-state index is -0.418. The highest BCUT2D eigenvalue weighted by Gasteiger charge is 2.17. The standard InChI is InChI=1S/C17H18N4O3/c1-24-16(23)12-4-6-13(7-5-12)19-15(22)14-8-9-18-17(20-14)21-10-2-3-11-21/h4-9H,2-3,10-11H2,1H3,(H,19,22). The van der Waals surface area contributed by atoms with Gasteiger partial charge in [0.15, 0.2) is 0 Å². The van der Waals surface area contributed by atoms with Gasteiger partial charge in [-0.25, -0.2) is 14.8 Å². The van der Waals surface area contributed by atoms with E-state index in [1.165, 1.54) is 7.11 Å². The normalized spacial score (nSPS) is 13.6. The number of amides is 1. The van der Waals surface area contributed by atoms with Crippen molar-refractivity contribution < 1.29 is 14.3 Å². The van der Waals surface area contributed by atoms with Crippen molar-refractivity contribution >= 4 is 23.5 Å².